The number of para-hydroxylation sites is 1. The number of allylic oxidation sites excluding steroid dienone is 3. The number of aliphatic imine (C=N–C) groups is 1. The number of aromatic nitrogens is 3. The van der Waals surface area contributed by atoms with E-state index >= 15 is 0 Å². The maximum absolute atomic E-state index is 10.7. The van der Waals surface area contributed by atoms with Crippen LogP contribution in [0.25, 0.3) is 15.8 Å². The van der Waals surface area contributed by atoms with E-state index in [9.17, 15) is 15.6 Å². The highest BCUT2D eigenvalue weighted by atomic mass is 32.1. The Hall–Kier alpha value is -4.50. The number of dihydropyridines is 1. The van der Waals surface area contributed by atoms with Gasteiger partial charge in [-0.25, -0.2) is 9.98 Å². The maximum atomic E-state index is 10.7. The monoisotopic (exact) mass is 884 g/mol. The molecule has 2 aliphatic carbocycles. The van der Waals surface area contributed by atoms with Gasteiger partial charge in [-0.05, 0) is 145 Å². The van der Waals surface area contributed by atoms with Crippen molar-refractivity contribution in [3.63, 3.8) is 0 Å². The summed E-state index contributed by atoms with van der Waals surface area (Å²) in [4.78, 5) is 13.4. The van der Waals surface area contributed by atoms with Crippen LogP contribution in [0.2, 0.25) is 0 Å². The third-order valence-corrected chi connectivity index (χ3v) is 14.6. The van der Waals surface area contributed by atoms with Crippen LogP contribution >= 0.6 is 11.3 Å². The molecule has 13 nitrogen and oxygen atoms in total. The standard InChI is InChI=1S/C47H67N9O4S.C2H6/c1-8-47(28-44(4)25-45(5,29-47)27-46(6,26-44)60-23-21-54(7)19-11-12-22-57)30-56-32(3)35(24-50-56)34-17-18-38(52-39(34)42(58)59)55-20-13-14-33(41(55)49)31(2)40(48)53-43-51-36-15-9-10-16-37(36)61-43;1-2/h9-10,15-18,24,49,52,57-59H,8,11-14,19-23,25-30H2,1-7H3,(H2,48,51,53);1-2H3/b33-31-,49-41?;/t44-,45+,46?,47?;. The van der Waals surface area contributed by atoms with Crippen molar-refractivity contribution in [2.75, 3.05) is 39.9 Å². The van der Waals surface area contributed by atoms with Gasteiger partial charge in [-0.1, -0.05) is 58.1 Å². The van der Waals surface area contributed by atoms with Crippen molar-refractivity contribution in [1.29, 1.82) is 5.41 Å². The minimum atomic E-state index is -0.823. The van der Waals surface area contributed by atoms with Crippen LogP contribution in [0.3, 0.4) is 0 Å². The molecule has 1 saturated heterocycles. The Kier molecular flexibility index (Phi) is 15.0. The molecule has 4 heterocycles. The van der Waals surface area contributed by atoms with Crippen LogP contribution in [0, 0.1) is 28.6 Å². The molecule has 4 atom stereocenters. The summed E-state index contributed by atoms with van der Waals surface area (Å²) in [5.41, 5.74) is 11.6. The Labute approximate surface area is 379 Å². The summed E-state index contributed by atoms with van der Waals surface area (Å²) in [6, 6.07) is 7.88. The Morgan fingerprint density at radius 2 is 1.76 bits per heavy atom. The van der Waals surface area contributed by atoms with E-state index in [1.165, 1.54) is 17.8 Å². The molecule has 3 fully saturated rings. The van der Waals surface area contributed by atoms with Crippen LogP contribution in [0.1, 0.15) is 124 Å². The van der Waals surface area contributed by atoms with Gasteiger partial charge >= 0.3 is 0 Å². The van der Waals surface area contributed by atoms with Gasteiger partial charge < -0.3 is 40.9 Å². The number of nitrogens with one attached hydrogen (secondary N) is 2. The summed E-state index contributed by atoms with van der Waals surface area (Å²) < 4.78 is 9.92. The van der Waals surface area contributed by atoms with E-state index in [1.807, 2.05) is 68.3 Å². The Morgan fingerprint density at radius 1 is 1.05 bits per heavy atom. The van der Waals surface area contributed by atoms with Crippen LogP contribution in [0.4, 0.5) is 5.13 Å². The SMILES string of the molecule is CC.CCC1(Cn2ncc(C3=CC=C(N4CCC/C(=C(C)/C(N)=N/c5nc6ccccc6s5)C4=N)NC3=C(O)O)c2C)C[C@@]2(C)CC(C)(OCCN(C)CCCCO)C[C@@](C)(C1)C2. The van der Waals surface area contributed by atoms with Crippen molar-refractivity contribution in [3.05, 3.63) is 82.5 Å². The van der Waals surface area contributed by atoms with E-state index in [0.29, 0.717) is 41.9 Å². The molecule has 14 heteroatoms. The average molecular weight is 884 g/mol. The number of benzene rings is 1. The number of ether oxygens (including phenoxy) is 1. The first-order valence-corrected chi connectivity index (χ1v) is 23.8. The second-order valence-electron chi connectivity index (χ2n) is 19.3. The number of likely N-dealkylation sites (tertiary alicyclic amines) is 1. The van der Waals surface area contributed by atoms with Crippen LogP contribution in [0.15, 0.2) is 76.2 Å². The summed E-state index contributed by atoms with van der Waals surface area (Å²) >= 11 is 1.48. The molecule has 0 radical (unpaired) electrons. The quantitative estimate of drug-likeness (QED) is 0.0372. The molecule has 0 spiro atoms. The van der Waals surface area contributed by atoms with Gasteiger partial charge in [0.1, 0.15) is 23.2 Å². The molecular formula is C49H73N9O4S. The molecular weight excluding hydrogens is 811 g/mol. The summed E-state index contributed by atoms with van der Waals surface area (Å²) in [6.07, 6.45) is 15.4. The highest BCUT2D eigenvalue weighted by molar-refractivity contribution is 7.22. The Morgan fingerprint density at radius 3 is 2.43 bits per heavy atom. The summed E-state index contributed by atoms with van der Waals surface area (Å²) in [6.45, 7) is 21.7. The smallest absolute Gasteiger partial charge is 0.299 e. The number of hydrogen-bond acceptors (Lipinski definition) is 11. The van der Waals surface area contributed by atoms with Gasteiger partial charge in [0.2, 0.25) is 5.13 Å². The zero-order chi connectivity index (χ0) is 45.7. The molecule has 7 rings (SSSR count). The van der Waals surface area contributed by atoms with Crippen molar-refractivity contribution >= 4 is 43.9 Å². The number of amidine groups is 2. The predicted molar refractivity (Wildman–Crippen MR) is 257 cm³/mol. The lowest BCUT2D eigenvalue weighted by atomic mass is 9.46. The molecule has 2 unspecified atom stereocenters. The molecule has 63 heavy (non-hydrogen) atoms. The van der Waals surface area contributed by atoms with Crippen LogP contribution in [-0.2, 0) is 11.3 Å². The van der Waals surface area contributed by atoms with E-state index < -0.39 is 5.95 Å². The number of thiazole rings is 1. The minimum absolute atomic E-state index is 0.0502. The van der Waals surface area contributed by atoms with Gasteiger partial charge in [-0.3, -0.25) is 10.1 Å². The second kappa shape index (κ2) is 19.7. The number of hydrogen-bond donors (Lipinski definition) is 6. The van der Waals surface area contributed by atoms with Gasteiger partial charge in [-0.2, -0.15) is 5.10 Å². The minimum Gasteiger partial charge on any atom is -0.480 e. The fraction of sp³-hybridized carbons (Fsp3) is 0.592. The lowest BCUT2D eigenvalue weighted by Crippen LogP contribution is -2.55. The number of fused-ring (bicyclic) bond motifs is 3. The fourth-order valence-corrected chi connectivity index (χ4v) is 12.5. The van der Waals surface area contributed by atoms with Gasteiger partial charge in [0.15, 0.2) is 0 Å². The van der Waals surface area contributed by atoms with Gasteiger partial charge in [0.25, 0.3) is 5.95 Å². The molecule has 3 aromatic rings. The van der Waals surface area contributed by atoms with Crippen molar-refractivity contribution < 1.29 is 20.1 Å². The normalized spacial score (nSPS) is 27.2. The first kappa shape index (κ1) is 48.0. The number of unbranched alkanes of at least 4 members (excludes halogenated alkanes) is 1. The summed E-state index contributed by atoms with van der Waals surface area (Å²) in [7, 11) is 2.14. The van der Waals surface area contributed by atoms with Crippen LogP contribution in [-0.4, -0.2) is 97.1 Å². The lowest BCUT2D eigenvalue weighted by Gasteiger charge is -2.61. The first-order chi connectivity index (χ1) is 30.0. The maximum Gasteiger partial charge on any atom is 0.299 e. The number of rotatable bonds is 15. The number of nitrogens with zero attached hydrogens (tertiary/aromatic N) is 6. The van der Waals surface area contributed by atoms with E-state index in [4.69, 9.17) is 20.7 Å². The van der Waals surface area contributed by atoms with E-state index in [1.54, 1.807) is 0 Å². The molecule has 2 aliphatic heterocycles. The largest absolute Gasteiger partial charge is 0.480 e. The number of nitrogens with two attached hydrogens (primary N) is 1. The Balaban J connectivity index is 0.00000326. The number of aliphatic hydroxyl groups excluding tert-OH is 2. The predicted octanol–water partition coefficient (Wildman–Crippen LogP) is 9.89. The van der Waals surface area contributed by atoms with Crippen molar-refractivity contribution in [1.82, 2.24) is 29.9 Å². The van der Waals surface area contributed by atoms with Crippen molar-refractivity contribution in [3.8, 4) is 0 Å². The van der Waals surface area contributed by atoms with E-state index in [0.717, 1.165) is 104 Å². The molecule has 4 aliphatic rings. The fourth-order valence-electron chi connectivity index (χ4n) is 11.7. The lowest BCUT2D eigenvalue weighted by molar-refractivity contribution is -0.174. The molecule has 0 amide bonds. The van der Waals surface area contributed by atoms with E-state index in [-0.39, 0.29) is 40.0 Å². The van der Waals surface area contributed by atoms with E-state index in [2.05, 4.69) is 66.5 Å². The summed E-state index contributed by atoms with van der Waals surface area (Å²) in [5.74, 6) is 0.364. The van der Waals surface area contributed by atoms with Crippen LogP contribution < -0.4 is 11.1 Å². The highest BCUT2D eigenvalue weighted by Gasteiger charge is 2.58. The molecule has 2 saturated carbocycles. The molecule has 2 bridgehead atoms. The average Bonchev–Trinajstić information content (AvgIpc) is 3.81. The zero-order valence-corrected chi connectivity index (χ0v) is 40.1. The Bertz CT molecular complexity index is 2230. The van der Waals surface area contributed by atoms with Crippen LogP contribution in [0.5, 0.6) is 0 Å². The topological polar surface area (TPSA) is 181 Å². The molecule has 2 aromatic heterocycles. The zero-order valence-electron chi connectivity index (χ0n) is 39.3. The molecule has 1 aromatic carbocycles. The first-order valence-electron chi connectivity index (χ1n) is 23.0. The van der Waals surface area contributed by atoms with Gasteiger partial charge in [0.05, 0.1) is 28.6 Å². The number of likely N-dealkylation sites (N-methyl/N-ethyl adjacent to an activating group) is 1. The third-order valence-electron chi connectivity index (χ3n) is 13.7. The number of piperidine rings is 1. The van der Waals surface area contributed by atoms with Crippen molar-refractivity contribution in [2.45, 2.75) is 132 Å². The highest BCUT2D eigenvalue weighted by Crippen LogP contribution is 2.65. The van der Waals surface area contributed by atoms with Crippen molar-refractivity contribution in [2.24, 2.45) is 27.0 Å². The third kappa shape index (κ3) is 10.7. The molecule has 7 N–H and O–H groups in total. The molecule has 344 valence electrons. The van der Waals surface area contributed by atoms with Gasteiger partial charge in [0, 0.05) is 48.6 Å². The van der Waals surface area contributed by atoms with Gasteiger partial charge in [-0.15, -0.1) is 0 Å². The second-order valence-corrected chi connectivity index (χ2v) is 20.3. The summed E-state index contributed by atoms with van der Waals surface area (Å²) in [5, 5.41) is 48.6. The number of aliphatic hydroxyl groups is 3.